The average Bonchev–Trinajstić information content (AvgIpc) is 2.90. The van der Waals surface area contributed by atoms with Crippen LogP contribution in [0.2, 0.25) is 0 Å². The van der Waals surface area contributed by atoms with E-state index in [9.17, 15) is 0 Å². The molecule has 2 aromatic rings. The molecule has 2 heterocycles. The van der Waals surface area contributed by atoms with Gasteiger partial charge in [0.25, 0.3) is 0 Å². The highest BCUT2D eigenvalue weighted by atomic mass is 32.2. The molecule has 0 bridgehead atoms. The molecule has 0 aliphatic carbocycles. The summed E-state index contributed by atoms with van der Waals surface area (Å²) in [7, 11) is 1.70. The van der Waals surface area contributed by atoms with Crippen LogP contribution in [0.15, 0.2) is 24.1 Å². The van der Waals surface area contributed by atoms with Crippen LogP contribution in [0.1, 0.15) is 43.5 Å². The summed E-state index contributed by atoms with van der Waals surface area (Å²) in [5.41, 5.74) is 4.47. The van der Waals surface area contributed by atoms with Crippen LogP contribution in [0, 0.1) is 13.8 Å². The van der Waals surface area contributed by atoms with Gasteiger partial charge in [-0.05, 0) is 51.3 Å². The molecule has 0 aliphatic heterocycles. The number of fused-ring (bicyclic) bond motifs is 1. The molecule has 1 unspecified atom stereocenters. The van der Waals surface area contributed by atoms with Crippen LogP contribution in [-0.2, 0) is 4.74 Å². The van der Waals surface area contributed by atoms with Gasteiger partial charge in [-0.2, -0.15) is 5.10 Å². The number of thioether (sulfide) groups is 1. The molecule has 0 saturated carbocycles. The summed E-state index contributed by atoms with van der Waals surface area (Å²) < 4.78 is 7.25. The van der Waals surface area contributed by atoms with E-state index in [4.69, 9.17) is 4.74 Å². The molecule has 5 nitrogen and oxygen atoms in total. The molecule has 0 amide bonds. The lowest BCUT2D eigenvalue weighted by Crippen LogP contribution is -2.23. The second-order valence-corrected chi connectivity index (χ2v) is 7.54. The summed E-state index contributed by atoms with van der Waals surface area (Å²) in [5, 5.41) is 8.57. The van der Waals surface area contributed by atoms with Crippen molar-refractivity contribution < 1.29 is 4.74 Å². The van der Waals surface area contributed by atoms with Crippen molar-refractivity contribution >= 4 is 17.4 Å². The van der Waals surface area contributed by atoms with Crippen LogP contribution in [0.4, 0.5) is 0 Å². The number of hydrogen-bond acceptors (Lipinski definition) is 5. The van der Waals surface area contributed by atoms with E-state index in [1.54, 1.807) is 25.2 Å². The summed E-state index contributed by atoms with van der Waals surface area (Å²) in [6.45, 7) is 14.4. The molecule has 2 aromatic heterocycles. The van der Waals surface area contributed by atoms with Crippen LogP contribution in [0.5, 0.6) is 0 Å². The van der Waals surface area contributed by atoms with Crippen LogP contribution in [-0.4, -0.2) is 26.6 Å². The van der Waals surface area contributed by atoms with E-state index in [-0.39, 0.29) is 11.0 Å². The Morgan fingerprint density at radius 2 is 2.09 bits per heavy atom. The molecule has 1 atom stereocenters. The minimum Gasteiger partial charge on any atom is -0.374 e. The van der Waals surface area contributed by atoms with Crippen molar-refractivity contribution in [3.05, 3.63) is 40.8 Å². The first-order valence-corrected chi connectivity index (χ1v) is 8.06. The van der Waals surface area contributed by atoms with Gasteiger partial charge in [-0.25, -0.2) is 9.50 Å². The fourth-order valence-electron chi connectivity index (χ4n) is 2.35. The SMILES string of the molecule is C=C(NC(C)c1cn2ncnc2c(C)c1C)SC(C)(C)OC. The first kappa shape index (κ1) is 16.8. The van der Waals surface area contributed by atoms with E-state index in [1.807, 2.05) is 24.6 Å². The standard InChI is InChI=1S/C16H24N4OS/c1-10-11(2)15-17-9-18-20(15)8-14(10)12(3)19-13(4)22-16(5,6)21-7/h8-9,12,19H,4H2,1-3,5-7H3. The Morgan fingerprint density at radius 1 is 1.41 bits per heavy atom. The first-order chi connectivity index (χ1) is 10.2. The lowest BCUT2D eigenvalue weighted by molar-refractivity contribution is 0.104. The van der Waals surface area contributed by atoms with Crippen molar-refractivity contribution in [2.75, 3.05) is 7.11 Å². The largest absolute Gasteiger partial charge is 0.374 e. The molecular formula is C16H24N4OS. The lowest BCUT2D eigenvalue weighted by atomic mass is 10.0. The van der Waals surface area contributed by atoms with E-state index < -0.39 is 0 Å². The van der Waals surface area contributed by atoms with E-state index in [0.717, 1.165) is 16.2 Å². The Morgan fingerprint density at radius 3 is 2.73 bits per heavy atom. The molecule has 2 rings (SSSR count). The number of rotatable bonds is 6. The molecule has 6 heteroatoms. The van der Waals surface area contributed by atoms with E-state index in [0.29, 0.717) is 0 Å². The number of aromatic nitrogens is 3. The summed E-state index contributed by atoms with van der Waals surface area (Å²) in [6, 6.07) is 0.125. The molecule has 1 N–H and O–H groups in total. The van der Waals surface area contributed by atoms with Gasteiger partial charge in [0, 0.05) is 13.3 Å². The molecule has 0 radical (unpaired) electrons. The lowest BCUT2D eigenvalue weighted by Gasteiger charge is -2.26. The molecular weight excluding hydrogens is 296 g/mol. The van der Waals surface area contributed by atoms with Gasteiger partial charge in [0.1, 0.15) is 11.3 Å². The molecule has 120 valence electrons. The maximum atomic E-state index is 5.43. The number of aryl methyl sites for hydroxylation is 1. The van der Waals surface area contributed by atoms with Gasteiger partial charge in [-0.3, -0.25) is 0 Å². The number of hydrogen-bond donors (Lipinski definition) is 1. The maximum Gasteiger partial charge on any atom is 0.158 e. The minimum atomic E-state index is -0.301. The first-order valence-electron chi connectivity index (χ1n) is 7.24. The quantitative estimate of drug-likeness (QED) is 0.824. The predicted molar refractivity (Wildman–Crippen MR) is 91.8 cm³/mol. The van der Waals surface area contributed by atoms with Crippen molar-refractivity contribution in [1.82, 2.24) is 19.9 Å². The predicted octanol–water partition coefficient (Wildman–Crippen LogP) is 3.58. The van der Waals surface area contributed by atoms with E-state index >= 15 is 0 Å². The second-order valence-electron chi connectivity index (χ2n) is 5.86. The highest BCUT2D eigenvalue weighted by molar-refractivity contribution is 8.04. The third kappa shape index (κ3) is 3.44. The van der Waals surface area contributed by atoms with Crippen molar-refractivity contribution in [1.29, 1.82) is 0 Å². The monoisotopic (exact) mass is 320 g/mol. The average molecular weight is 320 g/mol. The molecule has 0 fully saturated rings. The van der Waals surface area contributed by atoms with E-state index in [1.165, 1.54) is 11.1 Å². The zero-order valence-corrected chi connectivity index (χ0v) is 14.9. The fraction of sp³-hybridized carbons (Fsp3) is 0.500. The fourth-order valence-corrected chi connectivity index (χ4v) is 3.26. The van der Waals surface area contributed by atoms with Gasteiger partial charge in [0.2, 0.25) is 0 Å². The Hall–Kier alpha value is -1.53. The molecule has 22 heavy (non-hydrogen) atoms. The summed E-state index contributed by atoms with van der Waals surface area (Å²) >= 11 is 1.58. The van der Waals surface area contributed by atoms with Crippen LogP contribution >= 0.6 is 11.8 Å². The number of nitrogens with one attached hydrogen (secondary N) is 1. The minimum absolute atomic E-state index is 0.125. The molecule has 0 aliphatic rings. The smallest absolute Gasteiger partial charge is 0.158 e. The number of pyridine rings is 1. The number of nitrogens with zero attached hydrogens (tertiary/aromatic N) is 3. The third-order valence-corrected chi connectivity index (χ3v) is 4.89. The van der Waals surface area contributed by atoms with Crippen molar-refractivity contribution in [3.8, 4) is 0 Å². The van der Waals surface area contributed by atoms with Gasteiger partial charge in [0.15, 0.2) is 5.65 Å². The van der Waals surface area contributed by atoms with Crippen LogP contribution in [0.25, 0.3) is 5.65 Å². The normalized spacial score (nSPS) is 13.4. The number of methoxy groups -OCH3 is 1. The number of ether oxygens (including phenoxy) is 1. The van der Waals surface area contributed by atoms with Gasteiger partial charge >= 0.3 is 0 Å². The van der Waals surface area contributed by atoms with Crippen LogP contribution in [0.3, 0.4) is 0 Å². The second kappa shape index (κ2) is 6.30. The van der Waals surface area contributed by atoms with Crippen molar-refractivity contribution in [2.24, 2.45) is 0 Å². The molecule has 0 spiro atoms. The van der Waals surface area contributed by atoms with Gasteiger partial charge < -0.3 is 10.1 Å². The van der Waals surface area contributed by atoms with Crippen molar-refractivity contribution in [3.63, 3.8) is 0 Å². The molecule has 0 saturated heterocycles. The summed E-state index contributed by atoms with van der Waals surface area (Å²) in [5.74, 6) is 0. The third-order valence-electron chi connectivity index (χ3n) is 3.87. The molecule has 0 aromatic carbocycles. The highest BCUT2D eigenvalue weighted by Crippen LogP contribution is 2.32. The Labute approximate surface area is 136 Å². The van der Waals surface area contributed by atoms with Crippen molar-refractivity contribution in [2.45, 2.75) is 45.6 Å². The summed E-state index contributed by atoms with van der Waals surface area (Å²) in [6.07, 6.45) is 3.61. The zero-order chi connectivity index (χ0) is 16.5. The summed E-state index contributed by atoms with van der Waals surface area (Å²) in [4.78, 5) is 3.99. The highest BCUT2D eigenvalue weighted by Gasteiger charge is 2.21. The van der Waals surface area contributed by atoms with Crippen LogP contribution < -0.4 is 5.32 Å². The zero-order valence-electron chi connectivity index (χ0n) is 14.1. The topological polar surface area (TPSA) is 51.5 Å². The van der Waals surface area contributed by atoms with Gasteiger partial charge in [-0.15, -0.1) is 0 Å². The Bertz CT molecular complexity index is 693. The maximum absolute atomic E-state index is 5.43. The van der Waals surface area contributed by atoms with E-state index in [2.05, 4.69) is 42.7 Å². The van der Waals surface area contributed by atoms with Gasteiger partial charge in [-0.1, -0.05) is 18.3 Å². The van der Waals surface area contributed by atoms with Gasteiger partial charge in [0.05, 0.1) is 11.1 Å². The Balaban J connectivity index is 2.21. The Kier molecular flexibility index (Phi) is 4.82.